The number of fused-ring (bicyclic) bond motifs is 1. The molecule has 4 rings (SSSR count). The first-order chi connectivity index (χ1) is 12.2. The number of nitrogens with zero attached hydrogens (tertiary/aromatic N) is 3. The maximum atomic E-state index is 12.7. The van der Waals surface area contributed by atoms with E-state index in [1.807, 2.05) is 30.3 Å². The van der Waals surface area contributed by atoms with E-state index in [-0.39, 0.29) is 11.8 Å². The lowest BCUT2D eigenvalue weighted by Gasteiger charge is -2.34. The van der Waals surface area contributed by atoms with Crippen LogP contribution in [0.4, 0.5) is 0 Å². The van der Waals surface area contributed by atoms with Gasteiger partial charge in [0.25, 0.3) is 11.8 Å². The van der Waals surface area contributed by atoms with Gasteiger partial charge in [0, 0.05) is 37.3 Å². The molecule has 0 unspecified atom stereocenters. The number of hydrogen-bond acceptors (Lipinski definition) is 4. The minimum atomic E-state index is -0.0508. The summed E-state index contributed by atoms with van der Waals surface area (Å²) >= 11 is 0. The van der Waals surface area contributed by atoms with Gasteiger partial charge in [-0.15, -0.1) is 0 Å². The molecular weight excluding hydrogens is 318 g/mol. The van der Waals surface area contributed by atoms with Crippen LogP contribution >= 0.6 is 0 Å². The Balaban J connectivity index is 1.42. The molecule has 0 spiro atoms. The van der Waals surface area contributed by atoms with Gasteiger partial charge in [-0.2, -0.15) is 0 Å². The van der Waals surface area contributed by atoms with Crippen LogP contribution in [0.5, 0.6) is 0 Å². The molecule has 0 aliphatic carbocycles. The van der Waals surface area contributed by atoms with E-state index < -0.39 is 0 Å². The van der Waals surface area contributed by atoms with Crippen molar-refractivity contribution in [2.45, 2.75) is 0 Å². The average molecular weight is 335 g/mol. The van der Waals surface area contributed by atoms with Crippen LogP contribution in [0.3, 0.4) is 0 Å². The molecule has 6 nitrogen and oxygen atoms in total. The van der Waals surface area contributed by atoms with Crippen LogP contribution in [0.1, 0.15) is 20.7 Å². The summed E-state index contributed by atoms with van der Waals surface area (Å²) in [4.78, 5) is 32.8. The van der Waals surface area contributed by atoms with Gasteiger partial charge in [0.05, 0.1) is 0 Å². The van der Waals surface area contributed by atoms with Crippen molar-refractivity contribution in [1.29, 1.82) is 0 Å². The van der Waals surface area contributed by atoms with Crippen molar-refractivity contribution in [3.63, 3.8) is 0 Å². The third kappa shape index (κ3) is 2.98. The quantitative estimate of drug-likeness (QED) is 0.721. The molecule has 1 aromatic heterocycles. The summed E-state index contributed by atoms with van der Waals surface area (Å²) < 4.78 is 5.26. The van der Waals surface area contributed by atoms with Crippen molar-refractivity contribution < 1.29 is 14.0 Å². The molecule has 1 aliphatic rings. The maximum absolute atomic E-state index is 12.7. The largest absolute Gasteiger partial charge is 0.443 e. The second-order valence-electron chi connectivity index (χ2n) is 5.99. The predicted molar refractivity (Wildman–Crippen MR) is 92.3 cm³/mol. The summed E-state index contributed by atoms with van der Waals surface area (Å²) in [6.45, 7) is 2.10. The molecular formula is C19H17N3O3. The van der Waals surface area contributed by atoms with Gasteiger partial charge < -0.3 is 14.2 Å². The zero-order chi connectivity index (χ0) is 17.2. The lowest BCUT2D eigenvalue weighted by molar-refractivity contribution is 0.0535. The fourth-order valence-electron chi connectivity index (χ4n) is 3.05. The Kier molecular flexibility index (Phi) is 3.93. The van der Waals surface area contributed by atoms with Crippen LogP contribution < -0.4 is 0 Å². The van der Waals surface area contributed by atoms with E-state index in [0.717, 1.165) is 5.52 Å². The van der Waals surface area contributed by atoms with Crippen molar-refractivity contribution in [3.05, 3.63) is 66.1 Å². The Morgan fingerprint density at radius 1 is 0.840 bits per heavy atom. The minimum Gasteiger partial charge on any atom is -0.443 e. The monoisotopic (exact) mass is 335 g/mol. The van der Waals surface area contributed by atoms with Crippen LogP contribution in [0.2, 0.25) is 0 Å². The first-order valence-electron chi connectivity index (χ1n) is 8.19. The smallest absolute Gasteiger partial charge is 0.254 e. The molecule has 0 saturated carbocycles. The van der Waals surface area contributed by atoms with Gasteiger partial charge in [0.2, 0.25) is 0 Å². The van der Waals surface area contributed by atoms with Crippen LogP contribution in [0.15, 0.2) is 59.3 Å². The molecule has 3 aromatic rings. The summed E-state index contributed by atoms with van der Waals surface area (Å²) in [7, 11) is 0. The lowest BCUT2D eigenvalue weighted by Crippen LogP contribution is -2.50. The SMILES string of the molecule is O=C(c1ccccc1)N1CCN(C(=O)c2ccc3ncoc3c2)CC1. The van der Waals surface area contributed by atoms with Crippen molar-refractivity contribution in [2.24, 2.45) is 0 Å². The first kappa shape index (κ1) is 15.4. The van der Waals surface area contributed by atoms with E-state index in [1.165, 1.54) is 6.39 Å². The summed E-state index contributed by atoms with van der Waals surface area (Å²) in [5.74, 6) is -0.0408. The van der Waals surface area contributed by atoms with E-state index in [0.29, 0.717) is 42.9 Å². The third-order valence-corrected chi connectivity index (χ3v) is 4.45. The van der Waals surface area contributed by atoms with E-state index in [9.17, 15) is 9.59 Å². The molecule has 126 valence electrons. The molecule has 2 aromatic carbocycles. The van der Waals surface area contributed by atoms with Crippen molar-refractivity contribution in [1.82, 2.24) is 14.8 Å². The second-order valence-corrected chi connectivity index (χ2v) is 5.99. The summed E-state index contributed by atoms with van der Waals surface area (Å²) in [5.41, 5.74) is 2.59. The molecule has 1 aliphatic heterocycles. The van der Waals surface area contributed by atoms with E-state index >= 15 is 0 Å². The molecule has 0 radical (unpaired) electrons. The van der Waals surface area contributed by atoms with E-state index in [2.05, 4.69) is 4.98 Å². The number of aromatic nitrogens is 1. The maximum Gasteiger partial charge on any atom is 0.254 e. The fraction of sp³-hybridized carbons (Fsp3) is 0.211. The fourth-order valence-corrected chi connectivity index (χ4v) is 3.05. The van der Waals surface area contributed by atoms with E-state index in [1.54, 1.807) is 28.0 Å². The predicted octanol–water partition coefficient (Wildman–Crippen LogP) is 2.43. The number of amides is 2. The van der Waals surface area contributed by atoms with Crippen molar-refractivity contribution in [2.75, 3.05) is 26.2 Å². The Morgan fingerprint density at radius 3 is 2.16 bits per heavy atom. The van der Waals surface area contributed by atoms with Gasteiger partial charge in [0.1, 0.15) is 5.52 Å². The lowest BCUT2D eigenvalue weighted by atomic mass is 10.1. The minimum absolute atomic E-state index is 0.00998. The number of rotatable bonds is 2. The van der Waals surface area contributed by atoms with Gasteiger partial charge in [-0.3, -0.25) is 9.59 Å². The van der Waals surface area contributed by atoms with Gasteiger partial charge in [-0.1, -0.05) is 18.2 Å². The van der Waals surface area contributed by atoms with Crippen molar-refractivity contribution >= 4 is 22.9 Å². The summed E-state index contributed by atoms with van der Waals surface area (Å²) in [5, 5.41) is 0. The molecule has 0 N–H and O–H groups in total. The number of benzene rings is 2. The molecule has 0 bridgehead atoms. The van der Waals surface area contributed by atoms with Gasteiger partial charge in [-0.05, 0) is 30.3 Å². The number of hydrogen-bond donors (Lipinski definition) is 0. The number of piperazine rings is 1. The summed E-state index contributed by atoms with van der Waals surface area (Å²) in [6, 6.07) is 14.5. The van der Waals surface area contributed by atoms with Gasteiger partial charge in [0.15, 0.2) is 12.0 Å². The highest BCUT2D eigenvalue weighted by atomic mass is 16.3. The molecule has 1 saturated heterocycles. The Bertz CT molecular complexity index is 912. The average Bonchev–Trinajstić information content (AvgIpc) is 3.15. The third-order valence-electron chi connectivity index (χ3n) is 4.45. The summed E-state index contributed by atoms with van der Waals surface area (Å²) in [6.07, 6.45) is 1.37. The molecule has 2 heterocycles. The topological polar surface area (TPSA) is 66.7 Å². The highest BCUT2D eigenvalue weighted by molar-refractivity contribution is 5.97. The number of carbonyl (C=O) groups excluding carboxylic acids is 2. The molecule has 0 atom stereocenters. The molecule has 2 amide bonds. The number of carbonyl (C=O) groups is 2. The number of oxazole rings is 1. The van der Waals surface area contributed by atoms with Crippen LogP contribution in [0.25, 0.3) is 11.1 Å². The van der Waals surface area contributed by atoms with E-state index in [4.69, 9.17) is 4.42 Å². The van der Waals surface area contributed by atoms with Crippen LogP contribution in [0, 0.1) is 0 Å². The van der Waals surface area contributed by atoms with Crippen LogP contribution in [-0.4, -0.2) is 52.8 Å². The zero-order valence-corrected chi connectivity index (χ0v) is 13.6. The molecule has 25 heavy (non-hydrogen) atoms. The standard InChI is InChI=1S/C19H17N3O3/c23-18(14-4-2-1-3-5-14)21-8-10-22(11-9-21)19(24)15-6-7-16-17(12-15)25-13-20-16/h1-7,12-13H,8-11H2. The normalized spacial score (nSPS) is 14.7. The van der Waals surface area contributed by atoms with Crippen molar-refractivity contribution in [3.8, 4) is 0 Å². The highest BCUT2D eigenvalue weighted by Gasteiger charge is 2.25. The Hall–Kier alpha value is -3.15. The second kappa shape index (κ2) is 6.39. The highest BCUT2D eigenvalue weighted by Crippen LogP contribution is 2.17. The zero-order valence-electron chi connectivity index (χ0n) is 13.6. The molecule has 6 heteroatoms. The van der Waals surface area contributed by atoms with Gasteiger partial charge >= 0.3 is 0 Å². The Labute approximate surface area is 144 Å². The van der Waals surface area contributed by atoms with Gasteiger partial charge in [-0.25, -0.2) is 4.98 Å². The van der Waals surface area contributed by atoms with Crippen LogP contribution in [-0.2, 0) is 0 Å². The first-order valence-corrected chi connectivity index (χ1v) is 8.19. The molecule has 1 fully saturated rings. The Morgan fingerprint density at radius 2 is 1.48 bits per heavy atom.